The Labute approximate surface area is 128 Å². The van der Waals surface area contributed by atoms with Crippen molar-refractivity contribution in [2.45, 2.75) is 39.4 Å². The maximum absolute atomic E-state index is 10.6. The van der Waals surface area contributed by atoms with Crippen molar-refractivity contribution >= 4 is 0 Å². The highest BCUT2D eigenvalue weighted by atomic mass is 16.5. The van der Waals surface area contributed by atoms with Gasteiger partial charge in [-0.15, -0.1) is 0 Å². The first-order valence-corrected chi connectivity index (χ1v) is 8.00. The smallest absolute Gasteiger partial charge is 0.119 e. The standard InChI is InChI=1S/C17H28N2O2/c1-4-14-11-15(21-13(2)3)5-6-16(14)17(20)12-19-9-7-18-8-10-19/h5-6,11,13,17-18,20H,4,7-10,12H2,1-3H3. The molecule has 1 aliphatic rings. The van der Waals surface area contributed by atoms with Crippen molar-refractivity contribution in [2.75, 3.05) is 32.7 Å². The van der Waals surface area contributed by atoms with Gasteiger partial charge in [0, 0.05) is 32.7 Å². The van der Waals surface area contributed by atoms with Gasteiger partial charge < -0.3 is 15.2 Å². The van der Waals surface area contributed by atoms with Gasteiger partial charge in [-0.2, -0.15) is 0 Å². The summed E-state index contributed by atoms with van der Waals surface area (Å²) in [7, 11) is 0. The van der Waals surface area contributed by atoms with Crippen molar-refractivity contribution in [1.82, 2.24) is 10.2 Å². The summed E-state index contributed by atoms with van der Waals surface area (Å²) in [6.45, 7) is 10.9. The Morgan fingerprint density at radius 2 is 2.00 bits per heavy atom. The fraction of sp³-hybridized carbons (Fsp3) is 0.647. The zero-order chi connectivity index (χ0) is 15.2. The third kappa shape index (κ3) is 4.70. The second kappa shape index (κ2) is 7.78. The van der Waals surface area contributed by atoms with Crippen LogP contribution in [0.15, 0.2) is 18.2 Å². The lowest BCUT2D eigenvalue weighted by molar-refractivity contribution is 0.105. The number of benzene rings is 1. The lowest BCUT2D eigenvalue weighted by atomic mass is 9.99. The highest BCUT2D eigenvalue weighted by Crippen LogP contribution is 2.25. The number of nitrogens with one attached hydrogen (secondary N) is 1. The lowest BCUT2D eigenvalue weighted by Crippen LogP contribution is -2.45. The Balaban J connectivity index is 2.06. The van der Waals surface area contributed by atoms with E-state index in [-0.39, 0.29) is 6.10 Å². The number of piperazine rings is 1. The molecule has 0 aromatic heterocycles. The highest BCUT2D eigenvalue weighted by molar-refractivity contribution is 5.37. The van der Waals surface area contributed by atoms with Gasteiger partial charge in [0.05, 0.1) is 12.2 Å². The molecule has 0 bridgehead atoms. The number of hydrogen-bond donors (Lipinski definition) is 2. The second-order valence-electron chi connectivity index (χ2n) is 5.95. The Morgan fingerprint density at radius 1 is 1.29 bits per heavy atom. The molecule has 1 unspecified atom stereocenters. The van der Waals surface area contributed by atoms with Crippen LogP contribution in [-0.4, -0.2) is 48.8 Å². The Kier molecular flexibility index (Phi) is 6.03. The van der Waals surface area contributed by atoms with Crippen LogP contribution in [0.2, 0.25) is 0 Å². The molecule has 0 aliphatic carbocycles. The van der Waals surface area contributed by atoms with Gasteiger partial charge in [-0.3, -0.25) is 4.90 Å². The summed E-state index contributed by atoms with van der Waals surface area (Å²) in [6, 6.07) is 6.05. The summed E-state index contributed by atoms with van der Waals surface area (Å²) in [6.07, 6.45) is 0.654. The van der Waals surface area contributed by atoms with E-state index >= 15 is 0 Å². The fourth-order valence-electron chi connectivity index (χ4n) is 2.80. The van der Waals surface area contributed by atoms with Crippen LogP contribution in [0.4, 0.5) is 0 Å². The molecule has 1 saturated heterocycles. The summed E-state index contributed by atoms with van der Waals surface area (Å²) in [5.41, 5.74) is 2.21. The number of ether oxygens (including phenoxy) is 1. The Morgan fingerprint density at radius 3 is 2.62 bits per heavy atom. The predicted octanol–water partition coefficient (Wildman–Crippen LogP) is 1.97. The van der Waals surface area contributed by atoms with Crippen molar-refractivity contribution in [3.8, 4) is 5.75 Å². The van der Waals surface area contributed by atoms with Gasteiger partial charge in [0.25, 0.3) is 0 Å². The Hall–Kier alpha value is -1.10. The first-order valence-electron chi connectivity index (χ1n) is 8.00. The fourth-order valence-corrected chi connectivity index (χ4v) is 2.80. The van der Waals surface area contributed by atoms with E-state index in [4.69, 9.17) is 4.74 Å². The lowest BCUT2D eigenvalue weighted by Gasteiger charge is -2.29. The summed E-state index contributed by atoms with van der Waals surface area (Å²) < 4.78 is 5.74. The van der Waals surface area contributed by atoms with E-state index in [1.807, 2.05) is 26.0 Å². The second-order valence-corrected chi connectivity index (χ2v) is 5.95. The van der Waals surface area contributed by atoms with Crippen LogP contribution in [0.25, 0.3) is 0 Å². The van der Waals surface area contributed by atoms with Gasteiger partial charge in [0.2, 0.25) is 0 Å². The van der Waals surface area contributed by atoms with Crippen molar-refractivity contribution in [2.24, 2.45) is 0 Å². The average Bonchev–Trinajstić information content (AvgIpc) is 2.47. The van der Waals surface area contributed by atoms with Crippen LogP contribution >= 0.6 is 0 Å². The van der Waals surface area contributed by atoms with Crippen molar-refractivity contribution in [1.29, 1.82) is 0 Å². The van der Waals surface area contributed by atoms with E-state index in [2.05, 4.69) is 23.2 Å². The maximum atomic E-state index is 10.6. The number of rotatable bonds is 6. The average molecular weight is 292 g/mol. The summed E-state index contributed by atoms with van der Waals surface area (Å²) in [4.78, 5) is 2.32. The van der Waals surface area contributed by atoms with Crippen LogP contribution in [0.1, 0.15) is 38.0 Å². The molecule has 1 heterocycles. The highest BCUT2D eigenvalue weighted by Gasteiger charge is 2.18. The molecule has 1 fully saturated rings. The molecule has 4 heteroatoms. The summed E-state index contributed by atoms with van der Waals surface area (Å²) in [5.74, 6) is 0.889. The number of aryl methyl sites for hydroxylation is 1. The molecule has 0 saturated carbocycles. The molecule has 21 heavy (non-hydrogen) atoms. The summed E-state index contributed by atoms with van der Waals surface area (Å²) >= 11 is 0. The normalized spacial score (nSPS) is 18.0. The van der Waals surface area contributed by atoms with Crippen LogP contribution in [0, 0.1) is 0 Å². The van der Waals surface area contributed by atoms with Gasteiger partial charge in [0.1, 0.15) is 5.75 Å². The number of nitrogens with zero attached hydrogens (tertiary/aromatic N) is 1. The van der Waals surface area contributed by atoms with E-state index in [1.165, 1.54) is 5.56 Å². The van der Waals surface area contributed by atoms with Gasteiger partial charge >= 0.3 is 0 Å². The molecule has 1 aromatic carbocycles. The minimum atomic E-state index is -0.425. The molecule has 0 radical (unpaired) electrons. The van der Waals surface area contributed by atoms with Crippen LogP contribution < -0.4 is 10.1 Å². The van der Waals surface area contributed by atoms with Crippen LogP contribution in [-0.2, 0) is 6.42 Å². The zero-order valence-corrected chi connectivity index (χ0v) is 13.4. The van der Waals surface area contributed by atoms with Crippen molar-refractivity contribution < 1.29 is 9.84 Å². The molecule has 118 valence electrons. The number of aliphatic hydroxyl groups is 1. The largest absolute Gasteiger partial charge is 0.491 e. The topological polar surface area (TPSA) is 44.7 Å². The van der Waals surface area contributed by atoms with E-state index in [1.54, 1.807) is 0 Å². The first kappa shape index (κ1) is 16.3. The molecule has 0 amide bonds. The van der Waals surface area contributed by atoms with Crippen LogP contribution in [0.5, 0.6) is 5.75 Å². The first-order chi connectivity index (χ1) is 10.1. The van der Waals surface area contributed by atoms with E-state index in [9.17, 15) is 5.11 Å². The van der Waals surface area contributed by atoms with Crippen molar-refractivity contribution in [3.63, 3.8) is 0 Å². The molecule has 0 spiro atoms. The van der Waals surface area contributed by atoms with Crippen LogP contribution in [0.3, 0.4) is 0 Å². The molecule has 2 rings (SSSR count). The predicted molar refractivity (Wildman–Crippen MR) is 85.9 cm³/mol. The van der Waals surface area contributed by atoms with E-state index in [0.29, 0.717) is 6.54 Å². The molecule has 4 nitrogen and oxygen atoms in total. The number of hydrogen-bond acceptors (Lipinski definition) is 4. The minimum absolute atomic E-state index is 0.173. The van der Waals surface area contributed by atoms with E-state index < -0.39 is 6.10 Å². The molecule has 1 atom stereocenters. The van der Waals surface area contributed by atoms with E-state index in [0.717, 1.165) is 43.9 Å². The molecule has 2 N–H and O–H groups in total. The number of β-amino-alcohol motifs (C(OH)–C–C–N with tert-alkyl or cyclic N) is 1. The molecule has 1 aliphatic heterocycles. The maximum Gasteiger partial charge on any atom is 0.119 e. The quantitative estimate of drug-likeness (QED) is 0.841. The molecular weight excluding hydrogens is 264 g/mol. The SMILES string of the molecule is CCc1cc(OC(C)C)ccc1C(O)CN1CCNCC1. The van der Waals surface area contributed by atoms with Gasteiger partial charge in [-0.05, 0) is 43.5 Å². The minimum Gasteiger partial charge on any atom is -0.491 e. The van der Waals surface area contributed by atoms with Gasteiger partial charge in [0.15, 0.2) is 0 Å². The number of aliphatic hydroxyl groups excluding tert-OH is 1. The molecule has 1 aromatic rings. The van der Waals surface area contributed by atoms with Gasteiger partial charge in [-0.1, -0.05) is 13.0 Å². The Bertz CT molecular complexity index is 442. The summed E-state index contributed by atoms with van der Waals surface area (Å²) in [5, 5.41) is 13.9. The zero-order valence-electron chi connectivity index (χ0n) is 13.4. The third-order valence-corrected chi connectivity index (χ3v) is 3.87. The molecular formula is C17H28N2O2. The monoisotopic (exact) mass is 292 g/mol. The third-order valence-electron chi connectivity index (χ3n) is 3.87. The van der Waals surface area contributed by atoms with Gasteiger partial charge in [-0.25, -0.2) is 0 Å². The van der Waals surface area contributed by atoms with Crippen molar-refractivity contribution in [3.05, 3.63) is 29.3 Å².